The summed E-state index contributed by atoms with van der Waals surface area (Å²) in [4.78, 5) is 23.6. The topological polar surface area (TPSA) is 59.0 Å². The molecular weight excluding hydrogens is 292 g/mol. The van der Waals surface area contributed by atoms with Crippen LogP contribution in [0.1, 0.15) is 32.1 Å². The molecule has 2 aliphatic heterocycles. The SMILES string of the molecule is O=C(n1ccnc1)n1ccnc1[N+]1=C2CCCCCN2CCC1. The number of aromatic nitrogens is 4. The summed E-state index contributed by atoms with van der Waals surface area (Å²) in [7, 11) is 0. The number of nitrogens with zero attached hydrogens (tertiary/aromatic N) is 6. The third-order valence-electron chi connectivity index (χ3n) is 4.61. The van der Waals surface area contributed by atoms with Crippen molar-refractivity contribution in [1.82, 2.24) is 24.0 Å². The second kappa shape index (κ2) is 5.98. The Morgan fingerprint density at radius 3 is 2.87 bits per heavy atom. The number of rotatable bonds is 1. The van der Waals surface area contributed by atoms with E-state index in [0.29, 0.717) is 5.95 Å². The third-order valence-corrected chi connectivity index (χ3v) is 4.61. The van der Waals surface area contributed by atoms with Gasteiger partial charge in [-0.05, 0) is 12.8 Å². The van der Waals surface area contributed by atoms with Crippen LogP contribution in [0.2, 0.25) is 0 Å². The van der Waals surface area contributed by atoms with Gasteiger partial charge in [-0.1, -0.05) is 6.42 Å². The van der Waals surface area contributed by atoms with E-state index in [4.69, 9.17) is 0 Å². The summed E-state index contributed by atoms with van der Waals surface area (Å²) >= 11 is 0. The first-order valence-corrected chi connectivity index (χ1v) is 8.29. The molecular formula is C16H21N6O+. The number of amidine groups is 1. The van der Waals surface area contributed by atoms with Crippen LogP contribution in [0.15, 0.2) is 31.1 Å². The van der Waals surface area contributed by atoms with Crippen LogP contribution in [-0.4, -0.2) is 60.1 Å². The number of fused-ring (bicyclic) bond motifs is 1. The smallest absolute Gasteiger partial charge is 0.312 e. The van der Waals surface area contributed by atoms with Gasteiger partial charge in [-0.2, -0.15) is 4.57 Å². The lowest BCUT2D eigenvalue weighted by Gasteiger charge is -2.28. The van der Waals surface area contributed by atoms with E-state index in [-0.39, 0.29) is 6.03 Å². The molecule has 0 radical (unpaired) electrons. The molecule has 1 saturated heterocycles. The van der Waals surface area contributed by atoms with Gasteiger partial charge in [0.1, 0.15) is 12.5 Å². The zero-order chi connectivity index (χ0) is 15.6. The second-order valence-corrected chi connectivity index (χ2v) is 6.07. The van der Waals surface area contributed by atoms with Crippen LogP contribution >= 0.6 is 0 Å². The Balaban J connectivity index is 1.75. The largest absolute Gasteiger partial charge is 0.384 e. The van der Waals surface area contributed by atoms with Crippen molar-refractivity contribution in [2.75, 3.05) is 19.6 Å². The number of imidazole rings is 2. The van der Waals surface area contributed by atoms with Crippen LogP contribution in [0.3, 0.4) is 0 Å². The molecule has 0 amide bonds. The molecule has 0 atom stereocenters. The van der Waals surface area contributed by atoms with E-state index >= 15 is 0 Å². The lowest BCUT2D eigenvalue weighted by atomic mass is 10.2. The van der Waals surface area contributed by atoms with Crippen molar-refractivity contribution in [2.45, 2.75) is 32.1 Å². The number of hydrogen-bond donors (Lipinski definition) is 0. The summed E-state index contributed by atoms with van der Waals surface area (Å²) in [6.45, 7) is 3.14. The number of carbonyl (C=O) groups excluding carboxylic acids is 1. The number of carbonyl (C=O) groups is 1. The van der Waals surface area contributed by atoms with E-state index in [1.165, 1.54) is 36.0 Å². The minimum absolute atomic E-state index is 0.152. The maximum atomic E-state index is 12.7. The Hall–Kier alpha value is -2.44. The van der Waals surface area contributed by atoms with Crippen LogP contribution in [-0.2, 0) is 0 Å². The Morgan fingerprint density at radius 1 is 1.09 bits per heavy atom. The predicted molar refractivity (Wildman–Crippen MR) is 85.1 cm³/mol. The molecule has 120 valence electrons. The standard InChI is InChI=1S/C16H21N6O/c23-16(20-11-6-17-13-20)22-12-7-18-15(22)21-10-4-9-19-8-3-1-2-5-14(19)21/h6-7,11-13H,1-5,8-10H2/q+1. The molecule has 7 heteroatoms. The molecule has 2 aromatic heterocycles. The Kier molecular flexibility index (Phi) is 3.69. The second-order valence-electron chi connectivity index (χ2n) is 6.07. The molecule has 0 N–H and O–H groups in total. The summed E-state index contributed by atoms with van der Waals surface area (Å²) < 4.78 is 5.32. The number of hydrogen-bond acceptors (Lipinski definition) is 4. The van der Waals surface area contributed by atoms with Gasteiger partial charge in [-0.3, -0.25) is 0 Å². The molecule has 1 fully saturated rings. The van der Waals surface area contributed by atoms with Crippen molar-refractivity contribution in [1.29, 1.82) is 0 Å². The monoisotopic (exact) mass is 313 g/mol. The van der Waals surface area contributed by atoms with Crippen molar-refractivity contribution in [3.05, 3.63) is 31.1 Å². The van der Waals surface area contributed by atoms with Gasteiger partial charge in [-0.15, -0.1) is 4.98 Å². The zero-order valence-corrected chi connectivity index (χ0v) is 13.1. The van der Waals surface area contributed by atoms with Crippen molar-refractivity contribution in [3.8, 4) is 0 Å². The first kappa shape index (κ1) is 14.2. The zero-order valence-electron chi connectivity index (χ0n) is 13.1. The molecule has 0 bridgehead atoms. The van der Waals surface area contributed by atoms with Crippen molar-refractivity contribution in [2.24, 2.45) is 0 Å². The predicted octanol–water partition coefficient (Wildman–Crippen LogP) is 1.92. The van der Waals surface area contributed by atoms with E-state index < -0.39 is 0 Å². The van der Waals surface area contributed by atoms with Crippen LogP contribution in [0, 0.1) is 0 Å². The van der Waals surface area contributed by atoms with Gasteiger partial charge in [0.15, 0.2) is 5.84 Å². The van der Waals surface area contributed by atoms with E-state index in [1.54, 1.807) is 29.4 Å². The van der Waals surface area contributed by atoms with Crippen LogP contribution in [0.4, 0.5) is 10.7 Å². The molecule has 0 unspecified atom stereocenters. The molecule has 2 aromatic rings. The third kappa shape index (κ3) is 2.56. The van der Waals surface area contributed by atoms with E-state index in [9.17, 15) is 4.79 Å². The van der Waals surface area contributed by atoms with Crippen molar-refractivity contribution >= 4 is 17.8 Å². The van der Waals surface area contributed by atoms with Crippen LogP contribution in [0.25, 0.3) is 0 Å². The quantitative estimate of drug-likeness (QED) is 0.755. The average Bonchev–Trinajstić information content (AvgIpc) is 3.21. The lowest BCUT2D eigenvalue weighted by molar-refractivity contribution is -0.464. The first-order chi connectivity index (χ1) is 11.3. The first-order valence-electron chi connectivity index (χ1n) is 8.29. The maximum absolute atomic E-state index is 12.7. The Bertz CT molecular complexity index is 730. The van der Waals surface area contributed by atoms with Gasteiger partial charge in [0.05, 0.1) is 25.8 Å². The highest BCUT2D eigenvalue weighted by Gasteiger charge is 2.30. The van der Waals surface area contributed by atoms with Gasteiger partial charge in [0.25, 0.3) is 0 Å². The maximum Gasteiger partial charge on any atom is 0.384 e. The van der Waals surface area contributed by atoms with Gasteiger partial charge >= 0.3 is 12.0 Å². The minimum Gasteiger partial charge on any atom is -0.312 e. The summed E-state index contributed by atoms with van der Waals surface area (Å²) in [6, 6.07) is -0.152. The molecule has 7 nitrogen and oxygen atoms in total. The van der Waals surface area contributed by atoms with Crippen molar-refractivity contribution in [3.63, 3.8) is 0 Å². The molecule has 0 aliphatic carbocycles. The molecule has 0 aromatic carbocycles. The highest BCUT2D eigenvalue weighted by molar-refractivity contribution is 5.82. The Morgan fingerprint density at radius 2 is 2.00 bits per heavy atom. The molecule has 4 heterocycles. The average molecular weight is 313 g/mol. The van der Waals surface area contributed by atoms with Gasteiger partial charge < -0.3 is 4.90 Å². The normalized spacial score (nSPS) is 18.7. The van der Waals surface area contributed by atoms with E-state index in [2.05, 4.69) is 19.4 Å². The highest BCUT2D eigenvalue weighted by Crippen LogP contribution is 2.21. The van der Waals surface area contributed by atoms with Gasteiger partial charge in [-0.25, -0.2) is 18.9 Å². The molecule has 2 aliphatic rings. The van der Waals surface area contributed by atoms with E-state index in [1.807, 2.05) is 0 Å². The van der Waals surface area contributed by atoms with Gasteiger partial charge in [0, 0.05) is 25.2 Å². The van der Waals surface area contributed by atoms with Crippen LogP contribution < -0.4 is 0 Å². The summed E-state index contributed by atoms with van der Waals surface area (Å²) in [5.41, 5.74) is 0. The minimum atomic E-state index is -0.152. The van der Waals surface area contributed by atoms with Gasteiger partial charge in [0.2, 0.25) is 0 Å². The fraction of sp³-hybridized carbons (Fsp3) is 0.500. The van der Waals surface area contributed by atoms with Crippen molar-refractivity contribution < 1.29 is 9.37 Å². The fourth-order valence-corrected chi connectivity index (χ4v) is 3.50. The summed E-state index contributed by atoms with van der Waals surface area (Å²) in [5.74, 6) is 2.03. The molecule has 23 heavy (non-hydrogen) atoms. The van der Waals surface area contributed by atoms with E-state index in [0.717, 1.165) is 32.5 Å². The highest BCUT2D eigenvalue weighted by atomic mass is 16.2. The lowest BCUT2D eigenvalue weighted by Crippen LogP contribution is -2.43. The molecule has 4 rings (SSSR count). The summed E-state index contributed by atoms with van der Waals surface area (Å²) in [6.07, 6.45) is 14.1. The van der Waals surface area contributed by atoms with Crippen LogP contribution in [0.5, 0.6) is 0 Å². The molecule has 0 saturated carbocycles. The Labute approximate surface area is 134 Å². The fourth-order valence-electron chi connectivity index (χ4n) is 3.50. The summed E-state index contributed by atoms with van der Waals surface area (Å²) in [5, 5.41) is 0. The molecule has 0 spiro atoms.